The fraction of sp³-hybridized carbons (Fsp3) is 0.125. The second-order valence-electron chi connectivity index (χ2n) is 7.54. The molecule has 170 valence electrons. The zero-order valence-electron chi connectivity index (χ0n) is 18.3. The third-order valence-corrected chi connectivity index (χ3v) is 5.65. The van der Waals surface area contributed by atoms with Gasteiger partial charge in [-0.25, -0.2) is 29.3 Å². The molecule has 0 atom stereocenters. The van der Waals surface area contributed by atoms with Crippen LogP contribution in [-0.4, -0.2) is 36.6 Å². The van der Waals surface area contributed by atoms with Crippen molar-refractivity contribution >= 4 is 38.6 Å². The zero-order chi connectivity index (χ0) is 23.7. The summed E-state index contributed by atoms with van der Waals surface area (Å²) in [6, 6.07) is 14.4. The van der Waals surface area contributed by atoms with Crippen molar-refractivity contribution < 1.29 is 9.13 Å². The molecule has 1 aromatic carbocycles. The minimum atomic E-state index is -0.380. The first kappa shape index (κ1) is 21.9. The van der Waals surface area contributed by atoms with E-state index in [2.05, 4.69) is 41.2 Å². The first-order chi connectivity index (χ1) is 16.5. The maximum absolute atomic E-state index is 13.8. The molecule has 0 amide bonds. The van der Waals surface area contributed by atoms with Gasteiger partial charge in [0.2, 0.25) is 0 Å². The van der Waals surface area contributed by atoms with E-state index in [0.717, 1.165) is 17.0 Å². The van der Waals surface area contributed by atoms with E-state index < -0.39 is 0 Å². The van der Waals surface area contributed by atoms with Crippen molar-refractivity contribution in [1.29, 1.82) is 0 Å². The van der Waals surface area contributed by atoms with E-state index in [1.807, 2.05) is 41.0 Å². The summed E-state index contributed by atoms with van der Waals surface area (Å²) in [5.41, 5.74) is 3.81. The van der Waals surface area contributed by atoms with Crippen LogP contribution in [0.15, 0.2) is 65.7 Å². The minimum Gasteiger partial charge on any atom is -0.497 e. The van der Waals surface area contributed by atoms with Gasteiger partial charge in [-0.05, 0) is 64.8 Å². The quantitative estimate of drug-likeness (QED) is 0.304. The number of pyridine rings is 2. The predicted molar refractivity (Wildman–Crippen MR) is 131 cm³/mol. The van der Waals surface area contributed by atoms with Gasteiger partial charge >= 0.3 is 0 Å². The van der Waals surface area contributed by atoms with E-state index >= 15 is 0 Å². The molecule has 0 spiro atoms. The number of aryl methyl sites for hydroxylation is 1. The standard InChI is InChI=1S/C24H19BrFN7O/c1-14-18(26)7-8-19(29-14)22-31-23(30-16-9-10-27-20(25)11-16)21-24(32-22)33(13-28-21)12-15-3-5-17(34-2)6-4-15/h3-11,13H,12H2,1-2H3,(H,27,30,31,32). The number of halogens is 2. The molecule has 0 bridgehead atoms. The van der Waals surface area contributed by atoms with Gasteiger partial charge in [-0.1, -0.05) is 12.1 Å². The Labute approximate surface area is 203 Å². The van der Waals surface area contributed by atoms with Crippen LogP contribution in [0.2, 0.25) is 0 Å². The van der Waals surface area contributed by atoms with Gasteiger partial charge < -0.3 is 14.6 Å². The highest BCUT2D eigenvalue weighted by atomic mass is 79.9. The van der Waals surface area contributed by atoms with Crippen molar-refractivity contribution in [1.82, 2.24) is 29.5 Å². The van der Waals surface area contributed by atoms with Crippen LogP contribution in [0.5, 0.6) is 5.75 Å². The van der Waals surface area contributed by atoms with Crippen molar-refractivity contribution in [3.8, 4) is 17.3 Å². The maximum Gasteiger partial charge on any atom is 0.182 e. The largest absolute Gasteiger partial charge is 0.497 e. The molecule has 0 saturated carbocycles. The predicted octanol–water partition coefficient (Wildman–Crippen LogP) is 5.29. The van der Waals surface area contributed by atoms with Crippen molar-refractivity contribution in [2.24, 2.45) is 0 Å². The first-order valence-electron chi connectivity index (χ1n) is 10.4. The van der Waals surface area contributed by atoms with E-state index in [1.54, 1.807) is 32.6 Å². The van der Waals surface area contributed by atoms with Gasteiger partial charge in [0.15, 0.2) is 22.8 Å². The van der Waals surface area contributed by atoms with Gasteiger partial charge in [0.25, 0.3) is 0 Å². The number of rotatable bonds is 6. The van der Waals surface area contributed by atoms with Crippen LogP contribution in [0, 0.1) is 12.7 Å². The van der Waals surface area contributed by atoms with E-state index in [-0.39, 0.29) is 11.5 Å². The molecule has 0 aliphatic carbocycles. The number of benzene rings is 1. The van der Waals surface area contributed by atoms with Gasteiger partial charge in [-0.2, -0.15) is 0 Å². The highest BCUT2D eigenvalue weighted by molar-refractivity contribution is 9.10. The molecule has 4 heterocycles. The van der Waals surface area contributed by atoms with Crippen molar-refractivity contribution in [3.63, 3.8) is 0 Å². The zero-order valence-corrected chi connectivity index (χ0v) is 19.9. The van der Waals surface area contributed by atoms with Crippen LogP contribution in [0.4, 0.5) is 15.9 Å². The Hall–Kier alpha value is -3.92. The van der Waals surface area contributed by atoms with Crippen LogP contribution in [0.25, 0.3) is 22.7 Å². The molecule has 1 N–H and O–H groups in total. The monoisotopic (exact) mass is 519 g/mol. The van der Waals surface area contributed by atoms with Gasteiger partial charge in [0.05, 0.1) is 25.7 Å². The summed E-state index contributed by atoms with van der Waals surface area (Å²) < 4.78 is 21.7. The third-order valence-electron chi connectivity index (χ3n) is 5.22. The third kappa shape index (κ3) is 4.44. The number of nitrogens with one attached hydrogen (secondary N) is 1. The summed E-state index contributed by atoms with van der Waals surface area (Å²) in [7, 11) is 1.64. The van der Waals surface area contributed by atoms with Gasteiger partial charge in [0, 0.05) is 11.9 Å². The van der Waals surface area contributed by atoms with E-state index in [4.69, 9.17) is 9.72 Å². The number of hydrogen-bond donors (Lipinski definition) is 1. The number of anilines is 2. The van der Waals surface area contributed by atoms with Crippen molar-refractivity contribution in [2.75, 3.05) is 12.4 Å². The number of fused-ring (bicyclic) bond motifs is 1. The molecule has 5 rings (SSSR count). The summed E-state index contributed by atoms with van der Waals surface area (Å²) in [6.45, 7) is 2.16. The van der Waals surface area contributed by atoms with Crippen LogP contribution in [0.3, 0.4) is 0 Å². The lowest BCUT2D eigenvalue weighted by Gasteiger charge is -2.10. The molecule has 0 fully saturated rings. The Balaban J connectivity index is 1.62. The lowest BCUT2D eigenvalue weighted by molar-refractivity contribution is 0.414. The van der Waals surface area contributed by atoms with E-state index in [9.17, 15) is 4.39 Å². The Morgan fingerprint density at radius 2 is 1.85 bits per heavy atom. The Bertz CT molecular complexity index is 1490. The topological polar surface area (TPSA) is 90.6 Å². The molecule has 10 heteroatoms. The molecular formula is C24H19BrFN7O. The smallest absolute Gasteiger partial charge is 0.182 e. The first-order valence-corrected chi connectivity index (χ1v) is 11.2. The molecule has 0 unspecified atom stereocenters. The number of nitrogens with zero attached hydrogens (tertiary/aromatic N) is 6. The maximum atomic E-state index is 13.8. The molecule has 0 aliphatic rings. The summed E-state index contributed by atoms with van der Waals surface area (Å²) in [4.78, 5) is 22.5. The van der Waals surface area contributed by atoms with Crippen LogP contribution >= 0.6 is 15.9 Å². The number of ether oxygens (including phenoxy) is 1. The average molecular weight is 520 g/mol. The second kappa shape index (κ2) is 9.14. The number of hydrogen-bond acceptors (Lipinski definition) is 7. The normalized spacial score (nSPS) is 11.1. The Kier molecular flexibility index (Phi) is 5.89. The lowest BCUT2D eigenvalue weighted by Crippen LogP contribution is -2.04. The number of aromatic nitrogens is 6. The van der Waals surface area contributed by atoms with E-state index in [1.165, 1.54) is 6.07 Å². The van der Waals surface area contributed by atoms with E-state index in [0.29, 0.717) is 39.6 Å². The van der Waals surface area contributed by atoms with Gasteiger partial charge in [0.1, 0.15) is 21.9 Å². The summed E-state index contributed by atoms with van der Waals surface area (Å²) >= 11 is 3.38. The Morgan fingerprint density at radius 1 is 1.03 bits per heavy atom. The highest BCUT2D eigenvalue weighted by Gasteiger charge is 2.17. The molecule has 5 aromatic rings. The fourth-order valence-corrected chi connectivity index (χ4v) is 3.84. The van der Waals surface area contributed by atoms with Crippen molar-refractivity contribution in [3.05, 3.63) is 82.7 Å². The van der Waals surface area contributed by atoms with Crippen LogP contribution < -0.4 is 10.1 Å². The molecule has 4 aromatic heterocycles. The lowest BCUT2D eigenvalue weighted by atomic mass is 10.2. The fourth-order valence-electron chi connectivity index (χ4n) is 3.47. The molecule has 0 radical (unpaired) electrons. The molecular weight excluding hydrogens is 501 g/mol. The highest BCUT2D eigenvalue weighted by Crippen LogP contribution is 2.27. The van der Waals surface area contributed by atoms with Gasteiger partial charge in [-0.15, -0.1) is 0 Å². The molecule has 34 heavy (non-hydrogen) atoms. The minimum absolute atomic E-state index is 0.278. The van der Waals surface area contributed by atoms with Crippen LogP contribution in [0.1, 0.15) is 11.3 Å². The molecule has 8 nitrogen and oxygen atoms in total. The number of imidazole rings is 1. The van der Waals surface area contributed by atoms with Crippen molar-refractivity contribution in [2.45, 2.75) is 13.5 Å². The molecule has 0 saturated heterocycles. The summed E-state index contributed by atoms with van der Waals surface area (Å²) in [5.74, 6) is 1.28. The second-order valence-corrected chi connectivity index (χ2v) is 8.36. The Morgan fingerprint density at radius 3 is 2.59 bits per heavy atom. The SMILES string of the molecule is COc1ccc(Cn2cnc3c(Nc4ccnc(Br)c4)nc(-c4ccc(F)c(C)n4)nc32)cc1. The average Bonchev–Trinajstić information content (AvgIpc) is 3.24. The number of methoxy groups -OCH3 is 1. The van der Waals surface area contributed by atoms with Crippen LogP contribution in [-0.2, 0) is 6.54 Å². The van der Waals surface area contributed by atoms with Gasteiger partial charge in [-0.3, -0.25) is 0 Å². The molecule has 0 aliphatic heterocycles. The summed E-state index contributed by atoms with van der Waals surface area (Å²) in [6.07, 6.45) is 3.41. The summed E-state index contributed by atoms with van der Waals surface area (Å²) in [5, 5.41) is 3.30.